The number of nitrogens with zero attached hydrogens (tertiary/aromatic N) is 1. The molecule has 4 heteroatoms. The van der Waals surface area contributed by atoms with Crippen LogP contribution in [0.25, 0.3) is 17.3 Å². The minimum Gasteiger partial charge on any atom is -0.369 e. The van der Waals surface area contributed by atoms with E-state index in [1.165, 1.54) is 6.08 Å². The van der Waals surface area contributed by atoms with Crippen molar-refractivity contribution in [1.82, 2.24) is 4.57 Å². The van der Waals surface area contributed by atoms with Gasteiger partial charge in [-0.05, 0) is 24.1 Å². The summed E-state index contributed by atoms with van der Waals surface area (Å²) < 4.78 is 7.37. The second-order valence-electron chi connectivity index (χ2n) is 7.52. The van der Waals surface area contributed by atoms with Gasteiger partial charge in [-0.15, -0.1) is 6.58 Å². The quantitative estimate of drug-likeness (QED) is 0.155. The van der Waals surface area contributed by atoms with Crippen LogP contribution in [0.3, 0.4) is 0 Å². The van der Waals surface area contributed by atoms with Gasteiger partial charge in [-0.25, -0.2) is 0 Å². The molecule has 0 radical (unpaired) electrons. The number of aromatic nitrogens is 1. The minimum absolute atomic E-state index is 0.0213. The maximum Gasteiger partial charge on any atom is 0.195 e. The van der Waals surface area contributed by atoms with Gasteiger partial charge in [-0.2, -0.15) is 0 Å². The zero-order valence-corrected chi connectivity index (χ0v) is 18.5. The number of carbonyl (C=O) groups is 2. The molecule has 1 aromatic heterocycles. The molecule has 0 amide bonds. The molecule has 3 rings (SSSR count). The molecule has 0 atom stereocenters. The van der Waals surface area contributed by atoms with Crippen LogP contribution in [-0.4, -0.2) is 29.3 Å². The Bertz CT molecular complexity index is 1080. The molecule has 0 bridgehead atoms. The summed E-state index contributed by atoms with van der Waals surface area (Å²) in [5.41, 5.74) is 3.81. The number of benzene rings is 2. The molecule has 0 aliphatic carbocycles. The highest BCUT2D eigenvalue weighted by molar-refractivity contribution is 6.15. The van der Waals surface area contributed by atoms with Crippen LogP contribution in [-0.2, 0) is 16.1 Å². The molecule has 4 nitrogen and oxygen atoms in total. The largest absolute Gasteiger partial charge is 0.369 e. The first-order valence-electron chi connectivity index (χ1n) is 10.9. The standard InChI is InChI=1S/C28H29NO3/c1-3-5-18-29-20-24(16-17-25(30)21-32-19-4-2)26(27(29)22-12-8-6-9-13-22)28(31)23-14-10-7-11-15-23/h4,6-17,20H,2-3,5,18-19,21H2,1H3/b17-16-. The fraction of sp³-hybridized carbons (Fsp3) is 0.214. The van der Waals surface area contributed by atoms with Crippen molar-refractivity contribution >= 4 is 17.6 Å². The van der Waals surface area contributed by atoms with Crippen LogP contribution < -0.4 is 0 Å². The third-order valence-electron chi connectivity index (χ3n) is 5.10. The van der Waals surface area contributed by atoms with Crippen molar-refractivity contribution < 1.29 is 14.3 Å². The number of hydrogen-bond donors (Lipinski definition) is 0. The van der Waals surface area contributed by atoms with Crippen LogP contribution in [0.2, 0.25) is 0 Å². The van der Waals surface area contributed by atoms with Crippen molar-refractivity contribution in [1.29, 1.82) is 0 Å². The lowest BCUT2D eigenvalue weighted by molar-refractivity contribution is -0.118. The number of hydrogen-bond acceptors (Lipinski definition) is 3. The van der Waals surface area contributed by atoms with Gasteiger partial charge in [0.15, 0.2) is 11.6 Å². The molecule has 0 saturated carbocycles. The van der Waals surface area contributed by atoms with Crippen molar-refractivity contribution in [2.45, 2.75) is 26.3 Å². The number of carbonyl (C=O) groups excluding carboxylic acids is 2. The van der Waals surface area contributed by atoms with Gasteiger partial charge < -0.3 is 9.30 Å². The molecule has 0 aliphatic rings. The summed E-state index contributed by atoms with van der Waals surface area (Å²) in [5.74, 6) is -0.220. The molecule has 164 valence electrons. The fourth-order valence-electron chi connectivity index (χ4n) is 3.56. The number of ether oxygens (including phenoxy) is 1. The normalized spacial score (nSPS) is 11.0. The number of ketones is 2. The van der Waals surface area contributed by atoms with Gasteiger partial charge >= 0.3 is 0 Å². The average molecular weight is 428 g/mol. The summed E-state index contributed by atoms with van der Waals surface area (Å²) in [7, 11) is 0. The van der Waals surface area contributed by atoms with Crippen LogP contribution in [0.1, 0.15) is 41.3 Å². The number of rotatable bonds is 12. The summed E-state index contributed by atoms with van der Waals surface area (Å²) in [4.78, 5) is 25.9. The number of aryl methyl sites for hydroxylation is 1. The van der Waals surface area contributed by atoms with Crippen molar-refractivity contribution in [3.8, 4) is 11.3 Å². The van der Waals surface area contributed by atoms with E-state index in [1.54, 1.807) is 12.2 Å². The highest BCUT2D eigenvalue weighted by atomic mass is 16.5. The first-order valence-corrected chi connectivity index (χ1v) is 10.9. The van der Waals surface area contributed by atoms with E-state index >= 15 is 0 Å². The highest BCUT2D eigenvalue weighted by Gasteiger charge is 2.23. The zero-order valence-electron chi connectivity index (χ0n) is 18.5. The van der Waals surface area contributed by atoms with Gasteiger partial charge in [-0.3, -0.25) is 9.59 Å². The zero-order chi connectivity index (χ0) is 22.8. The molecular formula is C28H29NO3. The third kappa shape index (κ3) is 5.80. The van der Waals surface area contributed by atoms with Crippen LogP contribution in [0.5, 0.6) is 0 Å². The van der Waals surface area contributed by atoms with E-state index in [1.807, 2.05) is 66.9 Å². The maximum atomic E-state index is 13.6. The second kappa shape index (κ2) is 11.8. The van der Waals surface area contributed by atoms with Gasteiger partial charge in [0.1, 0.15) is 6.61 Å². The molecule has 2 aromatic carbocycles. The lowest BCUT2D eigenvalue weighted by atomic mass is 9.96. The Kier molecular flexibility index (Phi) is 8.52. The SMILES string of the molecule is C=CCOCC(=O)/C=C\c1cn(CCCC)c(-c2ccccc2)c1C(=O)c1ccccc1. The van der Waals surface area contributed by atoms with Crippen LogP contribution in [0.4, 0.5) is 0 Å². The molecule has 0 unspecified atom stereocenters. The van der Waals surface area contributed by atoms with E-state index in [9.17, 15) is 9.59 Å². The van der Waals surface area contributed by atoms with E-state index in [0.717, 1.165) is 36.2 Å². The van der Waals surface area contributed by atoms with Crippen LogP contribution in [0, 0.1) is 0 Å². The maximum absolute atomic E-state index is 13.6. The van der Waals surface area contributed by atoms with Gasteiger partial charge in [0.25, 0.3) is 0 Å². The predicted molar refractivity (Wildman–Crippen MR) is 130 cm³/mol. The predicted octanol–water partition coefficient (Wildman–Crippen LogP) is 5.97. The van der Waals surface area contributed by atoms with E-state index in [0.29, 0.717) is 17.7 Å². The Morgan fingerprint density at radius 3 is 2.38 bits per heavy atom. The Balaban J connectivity index is 2.10. The Hall–Kier alpha value is -3.50. The Labute approximate surface area is 189 Å². The van der Waals surface area contributed by atoms with Gasteiger partial charge in [-0.1, -0.05) is 80.1 Å². The summed E-state index contributed by atoms with van der Waals surface area (Å²) >= 11 is 0. The minimum atomic E-state index is -0.160. The first kappa shape index (κ1) is 23.2. The van der Waals surface area contributed by atoms with Crippen molar-refractivity contribution in [2.75, 3.05) is 13.2 Å². The van der Waals surface area contributed by atoms with Crippen LogP contribution in [0.15, 0.2) is 85.6 Å². The fourth-order valence-corrected chi connectivity index (χ4v) is 3.56. The topological polar surface area (TPSA) is 48.3 Å². The Morgan fingerprint density at radius 2 is 1.72 bits per heavy atom. The molecule has 0 spiro atoms. The first-order chi connectivity index (χ1) is 15.7. The van der Waals surface area contributed by atoms with Crippen molar-refractivity contribution in [2.24, 2.45) is 0 Å². The molecule has 32 heavy (non-hydrogen) atoms. The summed E-state index contributed by atoms with van der Waals surface area (Å²) in [5, 5.41) is 0. The summed E-state index contributed by atoms with van der Waals surface area (Å²) in [6.45, 7) is 6.82. The van der Waals surface area contributed by atoms with Gasteiger partial charge in [0, 0.05) is 23.9 Å². The Morgan fingerprint density at radius 1 is 1.03 bits per heavy atom. The van der Waals surface area contributed by atoms with E-state index in [4.69, 9.17) is 4.74 Å². The second-order valence-corrected chi connectivity index (χ2v) is 7.52. The summed E-state index contributed by atoms with van der Waals surface area (Å²) in [6.07, 6.45) is 8.82. The summed E-state index contributed by atoms with van der Waals surface area (Å²) in [6, 6.07) is 19.2. The van der Waals surface area contributed by atoms with E-state index in [-0.39, 0.29) is 18.2 Å². The van der Waals surface area contributed by atoms with Gasteiger partial charge in [0.05, 0.1) is 17.9 Å². The van der Waals surface area contributed by atoms with Crippen molar-refractivity contribution in [3.05, 3.63) is 102 Å². The molecule has 1 heterocycles. The smallest absolute Gasteiger partial charge is 0.195 e. The van der Waals surface area contributed by atoms with E-state index in [2.05, 4.69) is 18.1 Å². The monoisotopic (exact) mass is 427 g/mol. The lowest BCUT2D eigenvalue weighted by Gasteiger charge is -2.11. The third-order valence-corrected chi connectivity index (χ3v) is 5.10. The molecule has 3 aromatic rings. The van der Waals surface area contributed by atoms with Crippen LogP contribution >= 0.6 is 0 Å². The molecule has 0 saturated heterocycles. The number of unbranched alkanes of at least 4 members (excludes halogenated alkanes) is 1. The molecule has 0 fully saturated rings. The van der Waals surface area contributed by atoms with E-state index < -0.39 is 0 Å². The van der Waals surface area contributed by atoms with Crippen molar-refractivity contribution in [3.63, 3.8) is 0 Å². The molecule has 0 N–H and O–H groups in total. The average Bonchev–Trinajstić information content (AvgIpc) is 3.20. The highest BCUT2D eigenvalue weighted by Crippen LogP contribution is 2.32. The van der Waals surface area contributed by atoms with Gasteiger partial charge in [0.2, 0.25) is 0 Å². The lowest BCUT2D eigenvalue weighted by Crippen LogP contribution is -2.07. The molecule has 0 aliphatic heterocycles. The molecular weight excluding hydrogens is 398 g/mol.